The topological polar surface area (TPSA) is 86.7 Å². The molecule has 6 aliphatic carbocycles. The van der Waals surface area contributed by atoms with Gasteiger partial charge in [0.25, 0.3) is 20.2 Å². The van der Waals surface area contributed by atoms with Crippen LogP contribution in [-0.4, -0.2) is 42.6 Å². The summed E-state index contributed by atoms with van der Waals surface area (Å²) in [5, 5.41) is 0. The van der Waals surface area contributed by atoms with Gasteiger partial charge in [0.15, 0.2) is 0 Å². The molecule has 0 amide bonds. The second kappa shape index (κ2) is 3.90. The van der Waals surface area contributed by atoms with E-state index in [1.807, 2.05) is 0 Å². The summed E-state index contributed by atoms with van der Waals surface area (Å²) in [5.41, 5.74) is 0. The van der Waals surface area contributed by atoms with Gasteiger partial charge in [0.2, 0.25) is 0 Å². The molecule has 4 unspecified atom stereocenters. The van der Waals surface area contributed by atoms with Crippen molar-refractivity contribution in [3.05, 3.63) is 0 Å². The molecular formula is C14H20O6S2. The van der Waals surface area contributed by atoms with Crippen LogP contribution in [0.4, 0.5) is 0 Å². The fraction of sp³-hybridized carbons (Fsp3) is 1.00. The zero-order chi connectivity index (χ0) is 15.6. The van der Waals surface area contributed by atoms with E-state index in [4.69, 9.17) is 8.37 Å². The summed E-state index contributed by atoms with van der Waals surface area (Å²) >= 11 is 0. The first-order valence-electron chi connectivity index (χ1n) is 7.88. The predicted molar refractivity (Wildman–Crippen MR) is 76.5 cm³/mol. The molecule has 0 spiro atoms. The molecule has 6 nitrogen and oxygen atoms in total. The lowest BCUT2D eigenvalue weighted by Crippen LogP contribution is -2.92. The highest BCUT2D eigenvalue weighted by Crippen LogP contribution is 2.93. The average molecular weight is 348 g/mol. The lowest BCUT2D eigenvalue weighted by atomic mass is 9.09. The molecule has 6 fully saturated rings. The van der Waals surface area contributed by atoms with Gasteiger partial charge in [-0.2, -0.15) is 16.8 Å². The van der Waals surface area contributed by atoms with Gasteiger partial charge in [0, 0.05) is 0 Å². The standard InChI is InChI=1S/C14H20O6S2/c1-21(15,16)19-3-5-6(4-20-22(2,17)18)8-11-9-7(5)10-12(8)14(11)13(9)10/h5-14H,3-4H2,1-2H3/t5-,6-,7?,8?,9-,10-,11-,12+,13?,14?/m1/s1. The maximum atomic E-state index is 11.3. The molecule has 0 radical (unpaired) electrons. The summed E-state index contributed by atoms with van der Waals surface area (Å²) in [5.74, 6) is 6.14. The SMILES string of the molecule is CS(=O)(=O)OC[C@H]1C2[C@H]3C4C5[C@@H]3C([C@H]5[C@H]42)[C@@H]1COS(C)(=O)=O. The second-order valence-electron chi connectivity index (χ2n) is 7.92. The van der Waals surface area contributed by atoms with E-state index in [-0.39, 0.29) is 25.0 Å². The molecule has 6 rings (SSSR count). The summed E-state index contributed by atoms with van der Waals surface area (Å²) in [6.07, 6.45) is 2.14. The smallest absolute Gasteiger partial charge is 0.264 e. The molecule has 0 saturated heterocycles. The van der Waals surface area contributed by atoms with Crippen LogP contribution in [0.25, 0.3) is 0 Å². The van der Waals surface area contributed by atoms with Crippen molar-refractivity contribution in [1.29, 1.82) is 0 Å². The first kappa shape index (κ1) is 14.2. The van der Waals surface area contributed by atoms with Crippen molar-refractivity contribution >= 4 is 20.2 Å². The first-order valence-corrected chi connectivity index (χ1v) is 11.5. The van der Waals surface area contributed by atoms with Gasteiger partial charge in [-0.1, -0.05) is 0 Å². The quantitative estimate of drug-likeness (QED) is 0.636. The summed E-state index contributed by atoms with van der Waals surface area (Å²) in [6.45, 7) is 0.364. The van der Waals surface area contributed by atoms with Crippen LogP contribution in [0.3, 0.4) is 0 Å². The Bertz CT molecular complexity index is 659. The van der Waals surface area contributed by atoms with Crippen molar-refractivity contribution in [1.82, 2.24) is 0 Å². The third-order valence-electron chi connectivity index (χ3n) is 7.38. The lowest BCUT2D eigenvalue weighted by molar-refractivity contribution is -0.487. The summed E-state index contributed by atoms with van der Waals surface area (Å²) in [7, 11) is -6.93. The fourth-order valence-electron chi connectivity index (χ4n) is 7.14. The van der Waals surface area contributed by atoms with Crippen LogP contribution < -0.4 is 0 Å². The van der Waals surface area contributed by atoms with Gasteiger partial charge in [-0.25, -0.2) is 0 Å². The van der Waals surface area contributed by atoms with Gasteiger partial charge in [-0.05, 0) is 59.2 Å². The van der Waals surface area contributed by atoms with E-state index in [0.29, 0.717) is 11.8 Å². The van der Waals surface area contributed by atoms with Crippen LogP contribution in [-0.2, 0) is 28.6 Å². The number of rotatable bonds is 6. The van der Waals surface area contributed by atoms with E-state index in [9.17, 15) is 16.8 Å². The van der Waals surface area contributed by atoms with E-state index in [2.05, 4.69) is 0 Å². The zero-order valence-corrected chi connectivity index (χ0v) is 14.1. The monoisotopic (exact) mass is 348 g/mol. The summed E-state index contributed by atoms with van der Waals surface area (Å²) in [6, 6.07) is 0. The summed E-state index contributed by atoms with van der Waals surface area (Å²) in [4.78, 5) is 0. The number of hydrogen-bond acceptors (Lipinski definition) is 6. The van der Waals surface area contributed by atoms with Crippen molar-refractivity contribution in [3.8, 4) is 0 Å². The molecule has 0 aromatic rings. The summed E-state index contributed by atoms with van der Waals surface area (Å²) < 4.78 is 55.5. The van der Waals surface area contributed by atoms with Crippen LogP contribution in [0.15, 0.2) is 0 Å². The molecule has 8 heteroatoms. The molecule has 22 heavy (non-hydrogen) atoms. The van der Waals surface area contributed by atoms with Gasteiger partial charge < -0.3 is 0 Å². The third-order valence-corrected chi connectivity index (χ3v) is 8.51. The molecule has 124 valence electrons. The maximum absolute atomic E-state index is 11.3. The van der Waals surface area contributed by atoms with Crippen molar-refractivity contribution in [2.75, 3.05) is 25.7 Å². The minimum Gasteiger partial charge on any atom is -0.270 e. The zero-order valence-electron chi connectivity index (χ0n) is 12.5. The van der Waals surface area contributed by atoms with Crippen LogP contribution in [0.1, 0.15) is 0 Å². The molecule has 6 aliphatic rings. The highest BCUT2D eigenvalue weighted by Gasteiger charge is 2.90. The van der Waals surface area contributed by atoms with Gasteiger partial charge in [0.05, 0.1) is 25.7 Å². The van der Waals surface area contributed by atoms with Crippen LogP contribution in [0, 0.1) is 59.2 Å². The highest BCUT2D eigenvalue weighted by molar-refractivity contribution is 7.86. The molecule has 0 heterocycles. The third kappa shape index (κ3) is 1.53. The Labute approximate surface area is 130 Å². The van der Waals surface area contributed by atoms with Crippen LogP contribution in [0.5, 0.6) is 0 Å². The number of fused-ring (bicyclic) bond motifs is 1. The minimum atomic E-state index is -3.47. The van der Waals surface area contributed by atoms with E-state index in [1.54, 1.807) is 0 Å². The van der Waals surface area contributed by atoms with Crippen LogP contribution in [0.2, 0.25) is 0 Å². The Morgan fingerprint density at radius 2 is 0.864 bits per heavy atom. The van der Waals surface area contributed by atoms with Gasteiger partial charge >= 0.3 is 0 Å². The normalized spacial score (nSPS) is 56.3. The molecule has 10 atom stereocenters. The van der Waals surface area contributed by atoms with E-state index < -0.39 is 20.2 Å². The van der Waals surface area contributed by atoms with E-state index in [0.717, 1.165) is 48.0 Å². The Hall–Kier alpha value is -0.180. The Balaban J connectivity index is 1.38. The Morgan fingerprint density at radius 3 is 1.14 bits per heavy atom. The molecule has 6 saturated carbocycles. The highest BCUT2D eigenvalue weighted by atomic mass is 32.2. The molecular weight excluding hydrogens is 328 g/mol. The van der Waals surface area contributed by atoms with Crippen molar-refractivity contribution < 1.29 is 25.2 Å². The predicted octanol–water partition coefficient (Wildman–Crippen LogP) is 0.169. The van der Waals surface area contributed by atoms with Gasteiger partial charge in [-0.3, -0.25) is 8.37 Å². The van der Waals surface area contributed by atoms with Gasteiger partial charge in [0.1, 0.15) is 0 Å². The maximum Gasteiger partial charge on any atom is 0.264 e. The molecule has 2 bridgehead atoms. The van der Waals surface area contributed by atoms with Crippen molar-refractivity contribution in [2.45, 2.75) is 0 Å². The van der Waals surface area contributed by atoms with Crippen molar-refractivity contribution in [2.24, 2.45) is 59.2 Å². The van der Waals surface area contributed by atoms with Gasteiger partial charge in [-0.15, -0.1) is 0 Å². The fourth-order valence-corrected chi connectivity index (χ4v) is 7.95. The van der Waals surface area contributed by atoms with Crippen LogP contribution >= 0.6 is 0 Å². The van der Waals surface area contributed by atoms with E-state index >= 15 is 0 Å². The number of hydrogen-bond donors (Lipinski definition) is 0. The van der Waals surface area contributed by atoms with Crippen molar-refractivity contribution in [3.63, 3.8) is 0 Å². The second-order valence-corrected chi connectivity index (χ2v) is 11.2. The van der Waals surface area contributed by atoms with E-state index in [1.165, 1.54) is 0 Å². The molecule has 0 aliphatic heterocycles. The Kier molecular flexibility index (Phi) is 2.51. The molecule has 0 N–H and O–H groups in total. The Morgan fingerprint density at radius 1 is 0.591 bits per heavy atom. The largest absolute Gasteiger partial charge is 0.270 e. The average Bonchev–Trinajstić information content (AvgIpc) is 2.33. The molecule has 0 aromatic carbocycles. The lowest BCUT2D eigenvalue weighted by Gasteiger charge is -2.95. The molecule has 0 aromatic heterocycles. The first-order chi connectivity index (χ1) is 10.2. The minimum absolute atomic E-state index is 0.126.